The topological polar surface area (TPSA) is 47.6 Å². The van der Waals surface area contributed by atoms with Crippen molar-refractivity contribution in [1.82, 2.24) is 0 Å². The Kier molecular flexibility index (Phi) is 5.64. The van der Waals surface area contributed by atoms with Crippen LogP contribution in [0.2, 0.25) is 0 Å². The van der Waals surface area contributed by atoms with Crippen LogP contribution in [0.15, 0.2) is 12.2 Å². The lowest BCUT2D eigenvalue weighted by Crippen LogP contribution is -2.14. The van der Waals surface area contributed by atoms with Crippen LogP contribution in [-0.2, 0) is 0 Å². The summed E-state index contributed by atoms with van der Waals surface area (Å²) in [6, 6.07) is 4.21. The summed E-state index contributed by atoms with van der Waals surface area (Å²) in [6.07, 6.45) is 7.24. The van der Waals surface area contributed by atoms with E-state index in [-0.39, 0.29) is 0 Å². The summed E-state index contributed by atoms with van der Waals surface area (Å²) in [6.45, 7) is 3.86. The third-order valence-electron chi connectivity index (χ3n) is 2.24. The van der Waals surface area contributed by atoms with Crippen molar-refractivity contribution in [1.29, 1.82) is 10.5 Å². The number of unbranched alkanes of at least 4 members (excludes halogenated alkanes) is 1. The van der Waals surface area contributed by atoms with Crippen molar-refractivity contribution < 1.29 is 0 Å². The number of allylic oxidation sites excluding steroid dienone is 2. The van der Waals surface area contributed by atoms with E-state index < -0.39 is 5.41 Å². The van der Waals surface area contributed by atoms with Gasteiger partial charge in [-0.05, 0) is 32.6 Å². The first-order valence-electron chi connectivity index (χ1n) is 4.68. The van der Waals surface area contributed by atoms with E-state index in [0.717, 1.165) is 12.8 Å². The Morgan fingerprint density at radius 1 is 1.31 bits per heavy atom. The average Bonchev–Trinajstić information content (AvgIpc) is 2.20. The number of hydrogen-bond acceptors (Lipinski definition) is 2. The second-order valence-electron chi connectivity index (χ2n) is 3.12. The van der Waals surface area contributed by atoms with Gasteiger partial charge in [0.15, 0.2) is 0 Å². The first kappa shape index (κ1) is 11.7. The summed E-state index contributed by atoms with van der Waals surface area (Å²) in [5.74, 6) is 0. The maximum atomic E-state index is 8.84. The van der Waals surface area contributed by atoms with E-state index in [1.807, 2.05) is 19.9 Å². The van der Waals surface area contributed by atoms with Crippen LogP contribution in [0.25, 0.3) is 0 Å². The van der Waals surface area contributed by atoms with Gasteiger partial charge in [0.25, 0.3) is 0 Å². The SMILES string of the molecule is C/C=C/CCCC(C#N)(C#N)CC. The molecular formula is C11H16N2. The molecule has 0 aliphatic carbocycles. The van der Waals surface area contributed by atoms with Crippen LogP contribution in [0.5, 0.6) is 0 Å². The molecule has 0 aromatic rings. The van der Waals surface area contributed by atoms with E-state index in [2.05, 4.69) is 18.2 Å². The molecule has 0 aliphatic heterocycles. The molecule has 0 aromatic carbocycles. The molecule has 0 aliphatic rings. The van der Waals surface area contributed by atoms with Crippen molar-refractivity contribution in [2.45, 2.75) is 39.5 Å². The molecule has 0 fully saturated rings. The van der Waals surface area contributed by atoms with Gasteiger partial charge in [-0.1, -0.05) is 19.1 Å². The van der Waals surface area contributed by atoms with Crippen LogP contribution in [-0.4, -0.2) is 0 Å². The summed E-state index contributed by atoms with van der Waals surface area (Å²) in [5, 5.41) is 17.7. The van der Waals surface area contributed by atoms with E-state index in [1.54, 1.807) is 0 Å². The van der Waals surface area contributed by atoms with Gasteiger partial charge in [-0.15, -0.1) is 0 Å². The number of nitrogens with zero attached hydrogens (tertiary/aromatic N) is 2. The fourth-order valence-electron chi connectivity index (χ4n) is 1.16. The van der Waals surface area contributed by atoms with Gasteiger partial charge >= 0.3 is 0 Å². The van der Waals surface area contributed by atoms with Crippen LogP contribution in [0.4, 0.5) is 0 Å². The Bertz CT molecular complexity index is 226. The summed E-state index contributed by atoms with van der Waals surface area (Å²) in [4.78, 5) is 0. The Morgan fingerprint density at radius 3 is 2.31 bits per heavy atom. The van der Waals surface area contributed by atoms with E-state index in [0.29, 0.717) is 12.8 Å². The molecule has 0 saturated heterocycles. The predicted octanol–water partition coefficient (Wildman–Crippen LogP) is 3.18. The molecule has 0 spiro atoms. The van der Waals surface area contributed by atoms with Crippen molar-refractivity contribution in [2.75, 3.05) is 0 Å². The van der Waals surface area contributed by atoms with Crippen molar-refractivity contribution >= 4 is 0 Å². The number of hydrogen-bond donors (Lipinski definition) is 0. The zero-order valence-electron chi connectivity index (χ0n) is 8.38. The minimum absolute atomic E-state index is 0.621. The Labute approximate surface area is 80.5 Å². The van der Waals surface area contributed by atoms with Gasteiger partial charge in [0.2, 0.25) is 0 Å². The van der Waals surface area contributed by atoms with Crippen molar-refractivity contribution in [3.63, 3.8) is 0 Å². The lowest BCUT2D eigenvalue weighted by Gasteiger charge is -2.14. The van der Waals surface area contributed by atoms with Gasteiger partial charge in [0.1, 0.15) is 5.41 Å². The van der Waals surface area contributed by atoms with Gasteiger partial charge < -0.3 is 0 Å². The fraction of sp³-hybridized carbons (Fsp3) is 0.636. The standard InChI is InChI=1S/C11H16N2/c1-3-5-6-7-8-11(4-2,9-12)10-13/h3,5H,4,6-8H2,1-2H3/b5-3+. The van der Waals surface area contributed by atoms with Crippen LogP contribution in [0.1, 0.15) is 39.5 Å². The largest absolute Gasteiger partial charge is 0.197 e. The molecule has 0 rings (SSSR count). The van der Waals surface area contributed by atoms with Crippen LogP contribution < -0.4 is 0 Å². The number of nitriles is 2. The quantitative estimate of drug-likeness (QED) is 0.477. The summed E-state index contributed by atoms with van der Waals surface area (Å²) in [7, 11) is 0. The average molecular weight is 176 g/mol. The van der Waals surface area contributed by atoms with Gasteiger partial charge in [0, 0.05) is 0 Å². The minimum Gasteiger partial charge on any atom is -0.197 e. The van der Waals surface area contributed by atoms with Crippen molar-refractivity contribution in [3.8, 4) is 12.1 Å². The highest BCUT2D eigenvalue weighted by molar-refractivity contribution is 5.12. The molecule has 70 valence electrons. The molecule has 0 heterocycles. The molecular weight excluding hydrogens is 160 g/mol. The van der Waals surface area contributed by atoms with Gasteiger partial charge in [-0.2, -0.15) is 10.5 Å². The van der Waals surface area contributed by atoms with E-state index in [9.17, 15) is 0 Å². The molecule has 0 saturated carbocycles. The first-order chi connectivity index (χ1) is 6.24. The first-order valence-corrected chi connectivity index (χ1v) is 4.68. The van der Waals surface area contributed by atoms with E-state index in [4.69, 9.17) is 10.5 Å². The highest BCUT2D eigenvalue weighted by atomic mass is 14.4. The van der Waals surface area contributed by atoms with Gasteiger partial charge in [0.05, 0.1) is 12.1 Å². The maximum absolute atomic E-state index is 8.84. The minimum atomic E-state index is -0.748. The number of rotatable bonds is 5. The molecule has 0 N–H and O–H groups in total. The molecule has 0 atom stereocenters. The van der Waals surface area contributed by atoms with E-state index in [1.165, 1.54) is 0 Å². The maximum Gasteiger partial charge on any atom is 0.143 e. The van der Waals surface area contributed by atoms with Gasteiger partial charge in [-0.3, -0.25) is 0 Å². The second-order valence-corrected chi connectivity index (χ2v) is 3.12. The zero-order valence-corrected chi connectivity index (χ0v) is 8.38. The summed E-state index contributed by atoms with van der Waals surface area (Å²) in [5.41, 5.74) is -0.748. The van der Waals surface area contributed by atoms with Crippen LogP contribution in [0.3, 0.4) is 0 Å². The predicted molar refractivity (Wildman–Crippen MR) is 52.6 cm³/mol. The Balaban J connectivity index is 4.00. The lowest BCUT2D eigenvalue weighted by molar-refractivity contribution is 0.446. The highest BCUT2D eigenvalue weighted by Gasteiger charge is 2.26. The zero-order chi connectivity index (χ0) is 10.2. The summed E-state index contributed by atoms with van der Waals surface area (Å²) >= 11 is 0. The molecule has 2 heteroatoms. The molecule has 2 nitrogen and oxygen atoms in total. The third-order valence-corrected chi connectivity index (χ3v) is 2.24. The molecule has 13 heavy (non-hydrogen) atoms. The lowest BCUT2D eigenvalue weighted by atomic mass is 9.83. The van der Waals surface area contributed by atoms with Crippen molar-refractivity contribution in [3.05, 3.63) is 12.2 Å². The van der Waals surface area contributed by atoms with E-state index >= 15 is 0 Å². The highest BCUT2D eigenvalue weighted by Crippen LogP contribution is 2.26. The fourth-order valence-corrected chi connectivity index (χ4v) is 1.16. The normalized spacial score (nSPS) is 11.1. The summed E-state index contributed by atoms with van der Waals surface area (Å²) < 4.78 is 0. The molecule has 0 amide bonds. The molecule has 0 aromatic heterocycles. The Morgan fingerprint density at radius 2 is 1.92 bits per heavy atom. The molecule has 0 unspecified atom stereocenters. The molecule has 0 bridgehead atoms. The monoisotopic (exact) mass is 176 g/mol. The molecule has 0 radical (unpaired) electrons. The second kappa shape index (κ2) is 6.26. The third kappa shape index (κ3) is 3.76. The van der Waals surface area contributed by atoms with Crippen LogP contribution >= 0.6 is 0 Å². The van der Waals surface area contributed by atoms with Crippen LogP contribution in [0, 0.1) is 28.1 Å². The Hall–Kier alpha value is -1.28. The smallest absolute Gasteiger partial charge is 0.143 e. The van der Waals surface area contributed by atoms with Crippen molar-refractivity contribution in [2.24, 2.45) is 5.41 Å². The van der Waals surface area contributed by atoms with Gasteiger partial charge in [-0.25, -0.2) is 0 Å².